The highest BCUT2D eigenvalue weighted by atomic mass is 127. The van der Waals surface area contributed by atoms with Gasteiger partial charge in [-0.05, 0) is 45.4 Å². The molecule has 0 aromatic carbocycles. The molecule has 2 aliphatic carbocycles. The number of likely N-dealkylation sites (tertiary alicyclic amines) is 1. The minimum absolute atomic E-state index is 0. The first kappa shape index (κ1) is 24.0. The summed E-state index contributed by atoms with van der Waals surface area (Å²) in [6, 6.07) is 0.944. The summed E-state index contributed by atoms with van der Waals surface area (Å²) in [5, 5.41) is 10.5. The molecule has 4 aliphatic rings. The van der Waals surface area contributed by atoms with Gasteiger partial charge in [-0.1, -0.05) is 13.3 Å². The number of hydrogen-bond donors (Lipinski definition) is 3. The molecule has 0 aromatic heterocycles. The van der Waals surface area contributed by atoms with E-state index in [2.05, 4.69) is 34.7 Å². The van der Waals surface area contributed by atoms with Crippen LogP contribution in [0.1, 0.15) is 58.8 Å². The number of guanidine groups is 1. The third-order valence-corrected chi connectivity index (χ3v) is 7.51. The molecule has 8 heteroatoms. The van der Waals surface area contributed by atoms with Crippen LogP contribution in [0.4, 0.5) is 0 Å². The molecule has 0 radical (unpaired) electrons. The van der Waals surface area contributed by atoms with Crippen LogP contribution in [0.15, 0.2) is 4.99 Å². The molecule has 4 rings (SSSR count). The van der Waals surface area contributed by atoms with Gasteiger partial charge in [-0.2, -0.15) is 0 Å². The highest BCUT2D eigenvalue weighted by molar-refractivity contribution is 14.0. The number of aliphatic imine (C=N–C) groups is 1. The Morgan fingerprint density at radius 1 is 1.17 bits per heavy atom. The molecule has 172 valence electrons. The van der Waals surface area contributed by atoms with Crippen LogP contribution in [0.5, 0.6) is 0 Å². The SMILES string of the molecule is CCCNC(=O)CN1CCC(NC(=NCC)NC2C3CCOC3C23CCC3)CC1.I. The summed E-state index contributed by atoms with van der Waals surface area (Å²) >= 11 is 0. The number of nitrogens with zero attached hydrogens (tertiary/aromatic N) is 2. The molecule has 7 nitrogen and oxygen atoms in total. The van der Waals surface area contributed by atoms with Crippen molar-refractivity contribution < 1.29 is 9.53 Å². The third-order valence-electron chi connectivity index (χ3n) is 7.51. The lowest BCUT2D eigenvalue weighted by atomic mass is 9.46. The van der Waals surface area contributed by atoms with Crippen molar-refractivity contribution in [2.24, 2.45) is 16.3 Å². The highest BCUT2D eigenvalue weighted by Gasteiger charge is 2.66. The summed E-state index contributed by atoms with van der Waals surface area (Å²) in [5.41, 5.74) is 0.368. The maximum absolute atomic E-state index is 12.0. The molecule has 3 N–H and O–H groups in total. The van der Waals surface area contributed by atoms with Crippen molar-refractivity contribution in [3.63, 3.8) is 0 Å². The number of rotatable bonds is 7. The van der Waals surface area contributed by atoms with Gasteiger partial charge in [0.25, 0.3) is 0 Å². The zero-order chi connectivity index (χ0) is 20.3. The largest absolute Gasteiger partial charge is 0.377 e. The van der Waals surface area contributed by atoms with Crippen molar-refractivity contribution >= 4 is 35.8 Å². The number of carbonyl (C=O) groups excluding carboxylic acids is 1. The molecule has 1 amide bonds. The Labute approximate surface area is 198 Å². The van der Waals surface area contributed by atoms with E-state index < -0.39 is 0 Å². The second kappa shape index (κ2) is 10.8. The minimum atomic E-state index is 0. The highest BCUT2D eigenvalue weighted by Crippen LogP contribution is 2.62. The molecule has 0 bridgehead atoms. The van der Waals surface area contributed by atoms with E-state index in [4.69, 9.17) is 9.73 Å². The quantitative estimate of drug-likeness (QED) is 0.266. The Hall–Kier alpha value is -0.610. The van der Waals surface area contributed by atoms with Gasteiger partial charge in [-0.25, -0.2) is 0 Å². The van der Waals surface area contributed by atoms with E-state index in [-0.39, 0.29) is 29.9 Å². The molecule has 3 unspecified atom stereocenters. The second-order valence-electron chi connectivity index (χ2n) is 9.32. The van der Waals surface area contributed by atoms with Crippen LogP contribution in [0, 0.1) is 11.3 Å². The maximum Gasteiger partial charge on any atom is 0.234 e. The molecule has 2 saturated heterocycles. The number of ether oxygens (including phenoxy) is 1. The first-order valence-electron chi connectivity index (χ1n) is 11.8. The number of piperidine rings is 1. The van der Waals surface area contributed by atoms with Gasteiger partial charge in [0, 0.05) is 56.2 Å². The van der Waals surface area contributed by atoms with E-state index in [1.807, 2.05) is 0 Å². The summed E-state index contributed by atoms with van der Waals surface area (Å²) in [5.74, 6) is 1.79. The van der Waals surface area contributed by atoms with Crippen molar-refractivity contribution in [1.29, 1.82) is 0 Å². The lowest BCUT2D eigenvalue weighted by Crippen LogP contribution is -2.72. The lowest BCUT2D eigenvalue weighted by Gasteiger charge is -2.63. The van der Waals surface area contributed by atoms with Gasteiger partial charge < -0.3 is 20.7 Å². The molecule has 4 fully saturated rings. The minimum Gasteiger partial charge on any atom is -0.377 e. The first-order valence-corrected chi connectivity index (χ1v) is 11.8. The Kier molecular flexibility index (Phi) is 8.66. The Bertz CT molecular complexity index is 604. The van der Waals surface area contributed by atoms with Crippen LogP contribution in [0.2, 0.25) is 0 Å². The number of nitrogens with one attached hydrogen (secondary N) is 3. The summed E-state index contributed by atoms with van der Waals surface area (Å²) in [6.07, 6.45) is 8.68. The van der Waals surface area contributed by atoms with E-state index in [9.17, 15) is 4.79 Å². The fraction of sp³-hybridized carbons (Fsp3) is 0.909. The van der Waals surface area contributed by atoms with Crippen molar-refractivity contribution in [2.45, 2.75) is 77.0 Å². The van der Waals surface area contributed by atoms with Gasteiger partial charge in [0.05, 0.1) is 12.6 Å². The van der Waals surface area contributed by atoms with Gasteiger partial charge in [0.2, 0.25) is 5.91 Å². The van der Waals surface area contributed by atoms with Crippen molar-refractivity contribution in [3.8, 4) is 0 Å². The average Bonchev–Trinajstić information content (AvgIpc) is 3.10. The number of amides is 1. The fourth-order valence-electron chi connectivity index (χ4n) is 5.85. The van der Waals surface area contributed by atoms with Gasteiger partial charge >= 0.3 is 0 Å². The standard InChI is InChI=1S/C22H39N5O2.HI/c1-3-11-24-18(28)15-27-12-6-16(7-13-27)25-21(23-4-2)26-19-17-8-14-29-20(17)22(19)9-5-10-22;/h16-17,19-20H,3-15H2,1-2H3,(H,24,28)(H2,23,25,26);1H. The van der Waals surface area contributed by atoms with Crippen molar-refractivity contribution in [1.82, 2.24) is 20.9 Å². The van der Waals surface area contributed by atoms with Crippen LogP contribution in [-0.2, 0) is 9.53 Å². The Balaban J connectivity index is 0.00000256. The van der Waals surface area contributed by atoms with Gasteiger partial charge in [0.1, 0.15) is 0 Å². The zero-order valence-corrected chi connectivity index (χ0v) is 21.0. The molecular formula is C22H40IN5O2. The molecule has 30 heavy (non-hydrogen) atoms. The predicted molar refractivity (Wildman–Crippen MR) is 130 cm³/mol. The first-order chi connectivity index (χ1) is 14.2. The lowest BCUT2D eigenvalue weighted by molar-refractivity contribution is -0.171. The molecule has 0 aromatic rings. The van der Waals surface area contributed by atoms with E-state index in [0.29, 0.717) is 36.1 Å². The molecular weight excluding hydrogens is 493 g/mol. The van der Waals surface area contributed by atoms with E-state index in [1.54, 1.807) is 0 Å². The summed E-state index contributed by atoms with van der Waals surface area (Å²) in [7, 11) is 0. The van der Waals surface area contributed by atoms with E-state index in [0.717, 1.165) is 58.0 Å². The smallest absolute Gasteiger partial charge is 0.234 e. The predicted octanol–water partition coefficient (Wildman–Crippen LogP) is 2.11. The number of fused-ring (bicyclic) bond motifs is 2. The van der Waals surface area contributed by atoms with Gasteiger partial charge in [-0.3, -0.25) is 14.7 Å². The zero-order valence-electron chi connectivity index (χ0n) is 18.6. The number of hydrogen-bond acceptors (Lipinski definition) is 4. The second-order valence-corrected chi connectivity index (χ2v) is 9.32. The molecule has 2 saturated carbocycles. The van der Waals surface area contributed by atoms with Gasteiger partial charge in [-0.15, -0.1) is 24.0 Å². The molecule has 1 spiro atoms. The van der Waals surface area contributed by atoms with Crippen LogP contribution < -0.4 is 16.0 Å². The Morgan fingerprint density at radius 2 is 1.93 bits per heavy atom. The monoisotopic (exact) mass is 533 g/mol. The molecule has 2 aliphatic heterocycles. The average molecular weight is 533 g/mol. The van der Waals surface area contributed by atoms with Crippen LogP contribution in [-0.4, -0.2) is 74.3 Å². The number of carbonyl (C=O) groups is 1. The van der Waals surface area contributed by atoms with Crippen molar-refractivity contribution in [2.75, 3.05) is 39.3 Å². The summed E-state index contributed by atoms with van der Waals surface area (Å²) in [4.78, 5) is 19.0. The topological polar surface area (TPSA) is 78.0 Å². The molecule has 3 atom stereocenters. The fourth-order valence-corrected chi connectivity index (χ4v) is 5.85. The van der Waals surface area contributed by atoms with E-state index in [1.165, 1.54) is 25.7 Å². The van der Waals surface area contributed by atoms with E-state index >= 15 is 0 Å². The normalized spacial score (nSPS) is 30.6. The summed E-state index contributed by atoms with van der Waals surface area (Å²) < 4.78 is 6.06. The number of halogens is 1. The van der Waals surface area contributed by atoms with Crippen LogP contribution >= 0.6 is 24.0 Å². The summed E-state index contributed by atoms with van der Waals surface area (Å²) in [6.45, 7) is 9.11. The maximum atomic E-state index is 12.0. The molecule has 2 heterocycles. The third kappa shape index (κ3) is 4.90. The van der Waals surface area contributed by atoms with Gasteiger partial charge in [0.15, 0.2) is 5.96 Å². The van der Waals surface area contributed by atoms with Crippen molar-refractivity contribution in [3.05, 3.63) is 0 Å². The van der Waals surface area contributed by atoms with Crippen LogP contribution in [0.25, 0.3) is 0 Å². The van der Waals surface area contributed by atoms with Crippen LogP contribution in [0.3, 0.4) is 0 Å². The Morgan fingerprint density at radius 3 is 2.57 bits per heavy atom.